The van der Waals surface area contributed by atoms with Gasteiger partial charge in [-0.1, -0.05) is 6.92 Å². The third kappa shape index (κ3) is 5.93. The van der Waals surface area contributed by atoms with Gasteiger partial charge in [-0.25, -0.2) is 0 Å². The fourth-order valence-corrected chi connectivity index (χ4v) is 1.61. The molecule has 1 rings (SSSR count). The number of anilines is 1. The number of hydrogen-bond acceptors (Lipinski definition) is 4. The highest BCUT2D eigenvalue weighted by atomic mass is 16.5. The Morgan fingerprint density at radius 2 is 1.95 bits per heavy atom. The summed E-state index contributed by atoms with van der Waals surface area (Å²) in [5, 5.41) is 5.94. The van der Waals surface area contributed by atoms with Crippen LogP contribution in [0.1, 0.15) is 20.3 Å². The van der Waals surface area contributed by atoms with Gasteiger partial charge in [-0.2, -0.15) is 0 Å². The molecule has 0 saturated carbocycles. The first-order chi connectivity index (χ1) is 9.67. The standard InChI is InChI=1S/C15H24N2O3/c1-4-10-20-14-7-5-13(6-8-14)17-12(2)15(18)16-9-11-19-3/h5-8,12,17H,4,9-11H2,1-3H3,(H,16,18). The average Bonchev–Trinajstić information content (AvgIpc) is 2.46. The molecule has 0 radical (unpaired) electrons. The van der Waals surface area contributed by atoms with Crippen molar-refractivity contribution in [2.24, 2.45) is 0 Å². The van der Waals surface area contributed by atoms with Crippen LogP contribution in [0.5, 0.6) is 5.75 Å². The first kappa shape index (κ1) is 16.3. The van der Waals surface area contributed by atoms with Gasteiger partial charge in [-0.05, 0) is 37.6 Å². The highest BCUT2D eigenvalue weighted by Gasteiger charge is 2.11. The Kier molecular flexibility index (Phi) is 7.50. The molecule has 1 aromatic rings. The van der Waals surface area contributed by atoms with E-state index in [1.165, 1.54) is 0 Å². The van der Waals surface area contributed by atoms with Gasteiger partial charge in [0.15, 0.2) is 0 Å². The molecule has 0 aromatic heterocycles. The van der Waals surface area contributed by atoms with Crippen molar-refractivity contribution in [3.8, 4) is 5.75 Å². The van der Waals surface area contributed by atoms with Crippen molar-refractivity contribution < 1.29 is 14.3 Å². The quantitative estimate of drug-likeness (QED) is 0.680. The molecule has 1 amide bonds. The minimum Gasteiger partial charge on any atom is -0.494 e. The Bertz CT molecular complexity index is 393. The number of carbonyl (C=O) groups excluding carboxylic acids is 1. The second-order valence-electron chi connectivity index (χ2n) is 4.52. The van der Waals surface area contributed by atoms with Gasteiger partial charge in [0, 0.05) is 19.3 Å². The molecule has 0 fully saturated rings. The lowest BCUT2D eigenvalue weighted by Gasteiger charge is -2.15. The first-order valence-electron chi connectivity index (χ1n) is 6.93. The van der Waals surface area contributed by atoms with Gasteiger partial charge in [0.2, 0.25) is 5.91 Å². The van der Waals surface area contributed by atoms with Gasteiger partial charge in [0.1, 0.15) is 11.8 Å². The van der Waals surface area contributed by atoms with Crippen molar-refractivity contribution in [1.29, 1.82) is 0 Å². The van der Waals surface area contributed by atoms with Crippen molar-refractivity contribution >= 4 is 11.6 Å². The van der Waals surface area contributed by atoms with Crippen molar-refractivity contribution in [1.82, 2.24) is 5.32 Å². The lowest BCUT2D eigenvalue weighted by Crippen LogP contribution is -2.39. The van der Waals surface area contributed by atoms with E-state index in [9.17, 15) is 4.79 Å². The highest BCUT2D eigenvalue weighted by Crippen LogP contribution is 2.16. The summed E-state index contributed by atoms with van der Waals surface area (Å²) in [5.41, 5.74) is 0.892. The molecule has 20 heavy (non-hydrogen) atoms. The first-order valence-corrected chi connectivity index (χ1v) is 6.93. The van der Waals surface area contributed by atoms with Gasteiger partial charge >= 0.3 is 0 Å². The van der Waals surface area contributed by atoms with E-state index in [1.54, 1.807) is 7.11 Å². The molecule has 0 spiro atoms. The molecule has 5 nitrogen and oxygen atoms in total. The summed E-state index contributed by atoms with van der Waals surface area (Å²) >= 11 is 0. The SMILES string of the molecule is CCCOc1ccc(NC(C)C(=O)NCCOC)cc1. The monoisotopic (exact) mass is 280 g/mol. The van der Waals surface area contributed by atoms with E-state index in [0.717, 1.165) is 17.9 Å². The third-order valence-corrected chi connectivity index (χ3v) is 2.71. The maximum Gasteiger partial charge on any atom is 0.242 e. The highest BCUT2D eigenvalue weighted by molar-refractivity contribution is 5.84. The molecular formula is C15H24N2O3. The van der Waals surface area contributed by atoms with Crippen LogP contribution in [0.2, 0.25) is 0 Å². The van der Waals surface area contributed by atoms with E-state index in [1.807, 2.05) is 31.2 Å². The summed E-state index contributed by atoms with van der Waals surface area (Å²) in [6.07, 6.45) is 0.985. The van der Waals surface area contributed by atoms with Crippen LogP contribution in [-0.2, 0) is 9.53 Å². The van der Waals surface area contributed by atoms with Crippen molar-refractivity contribution in [2.75, 3.05) is 32.2 Å². The summed E-state index contributed by atoms with van der Waals surface area (Å²) < 4.78 is 10.4. The molecule has 2 N–H and O–H groups in total. The Morgan fingerprint density at radius 3 is 2.55 bits per heavy atom. The van der Waals surface area contributed by atoms with E-state index >= 15 is 0 Å². The molecular weight excluding hydrogens is 256 g/mol. The minimum atomic E-state index is -0.297. The largest absolute Gasteiger partial charge is 0.494 e. The third-order valence-electron chi connectivity index (χ3n) is 2.71. The molecule has 0 aliphatic rings. The molecule has 0 aliphatic heterocycles. The predicted octanol–water partition coefficient (Wildman–Crippen LogP) is 2.04. The molecule has 0 aliphatic carbocycles. The summed E-state index contributed by atoms with van der Waals surface area (Å²) in [5.74, 6) is 0.794. The molecule has 0 saturated heterocycles. The Balaban J connectivity index is 2.40. The van der Waals surface area contributed by atoms with Crippen LogP contribution in [0.4, 0.5) is 5.69 Å². The molecule has 0 heterocycles. The zero-order chi connectivity index (χ0) is 14.8. The fraction of sp³-hybridized carbons (Fsp3) is 0.533. The molecule has 5 heteroatoms. The maximum atomic E-state index is 11.8. The van der Waals surface area contributed by atoms with Crippen molar-refractivity contribution in [2.45, 2.75) is 26.3 Å². The normalized spacial score (nSPS) is 11.8. The zero-order valence-corrected chi connectivity index (χ0v) is 12.4. The molecule has 1 aromatic carbocycles. The number of rotatable bonds is 9. The maximum absolute atomic E-state index is 11.8. The van der Waals surface area contributed by atoms with Gasteiger partial charge in [-0.3, -0.25) is 4.79 Å². The van der Waals surface area contributed by atoms with Crippen LogP contribution < -0.4 is 15.4 Å². The fourth-order valence-electron chi connectivity index (χ4n) is 1.61. The van der Waals surface area contributed by atoms with Crippen LogP contribution in [-0.4, -0.2) is 38.8 Å². The number of carbonyl (C=O) groups is 1. The summed E-state index contributed by atoms with van der Waals surface area (Å²) in [6, 6.07) is 7.31. The Morgan fingerprint density at radius 1 is 1.25 bits per heavy atom. The number of nitrogens with one attached hydrogen (secondary N) is 2. The summed E-state index contributed by atoms with van der Waals surface area (Å²) in [4.78, 5) is 11.8. The van der Waals surface area contributed by atoms with E-state index in [2.05, 4.69) is 17.6 Å². The summed E-state index contributed by atoms with van der Waals surface area (Å²) in [7, 11) is 1.61. The number of benzene rings is 1. The van der Waals surface area contributed by atoms with Crippen molar-refractivity contribution in [3.63, 3.8) is 0 Å². The Labute approximate surface area is 120 Å². The average molecular weight is 280 g/mol. The van der Waals surface area contributed by atoms with E-state index in [4.69, 9.17) is 9.47 Å². The number of methoxy groups -OCH3 is 1. The van der Waals surface area contributed by atoms with Crippen LogP contribution in [0, 0.1) is 0 Å². The van der Waals surface area contributed by atoms with Gasteiger partial charge in [0.05, 0.1) is 13.2 Å². The Hall–Kier alpha value is -1.75. The summed E-state index contributed by atoms with van der Waals surface area (Å²) in [6.45, 7) is 5.64. The van der Waals surface area contributed by atoms with Gasteiger partial charge < -0.3 is 20.1 Å². The molecule has 0 bridgehead atoms. The van der Waals surface area contributed by atoms with E-state index in [-0.39, 0.29) is 11.9 Å². The lowest BCUT2D eigenvalue weighted by molar-refractivity contribution is -0.121. The second kappa shape index (κ2) is 9.20. The van der Waals surface area contributed by atoms with Gasteiger partial charge in [0.25, 0.3) is 0 Å². The van der Waals surface area contributed by atoms with Crippen LogP contribution in [0.3, 0.4) is 0 Å². The van der Waals surface area contributed by atoms with Gasteiger partial charge in [-0.15, -0.1) is 0 Å². The lowest BCUT2D eigenvalue weighted by atomic mass is 10.2. The predicted molar refractivity (Wildman–Crippen MR) is 80.2 cm³/mol. The number of hydrogen-bond donors (Lipinski definition) is 2. The number of amides is 1. The van der Waals surface area contributed by atoms with Crippen molar-refractivity contribution in [3.05, 3.63) is 24.3 Å². The molecule has 1 unspecified atom stereocenters. The minimum absolute atomic E-state index is 0.0478. The van der Waals surface area contributed by atoms with Crippen LogP contribution in [0.25, 0.3) is 0 Å². The van der Waals surface area contributed by atoms with E-state index in [0.29, 0.717) is 19.8 Å². The molecule has 112 valence electrons. The second-order valence-corrected chi connectivity index (χ2v) is 4.52. The van der Waals surface area contributed by atoms with Crippen LogP contribution >= 0.6 is 0 Å². The molecule has 1 atom stereocenters. The smallest absolute Gasteiger partial charge is 0.242 e. The van der Waals surface area contributed by atoms with Crippen LogP contribution in [0.15, 0.2) is 24.3 Å². The zero-order valence-electron chi connectivity index (χ0n) is 12.4. The van der Waals surface area contributed by atoms with E-state index < -0.39 is 0 Å². The number of ether oxygens (including phenoxy) is 2. The topological polar surface area (TPSA) is 59.6 Å².